The number of nitrogens with one attached hydrogen (secondary N) is 1. The Morgan fingerprint density at radius 1 is 1.20 bits per heavy atom. The van der Waals surface area contributed by atoms with Gasteiger partial charge in [0.05, 0.1) is 0 Å². The summed E-state index contributed by atoms with van der Waals surface area (Å²) in [6, 6.07) is 12.7. The highest BCUT2D eigenvalue weighted by atomic mass is 15.2. The first kappa shape index (κ1) is 15.5. The van der Waals surface area contributed by atoms with E-state index in [-0.39, 0.29) is 0 Å². The van der Waals surface area contributed by atoms with Crippen molar-refractivity contribution in [3.05, 3.63) is 35.9 Å². The van der Waals surface area contributed by atoms with Gasteiger partial charge in [0.25, 0.3) is 0 Å². The lowest BCUT2D eigenvalue weighted by Crippen LogP contribution is -2.55. The van der Waals surface area contributed by atoms with Crippen LogP contribution < -0.4 is 5.32 Å². The molecule has 1 N–H and O–H groups in total. The van der Waals surface area contributed by atoms with Crippen LogP contribution in [0.3, 0.4) is 0 Å². The van der Waals surface area contributed by atoms with Gasteiger partial charge in [0, 0.05) is 31.2 Å². The van der Waals surface area contributed by atoms with Gasteiger partial charge in [-0.15, -0.1) is 0 Å². The van der Waals surface area contributed by atoms with Crippen molar-refractivity contribution in [2.45, 2.75) is 58.7 Å². The largest absolute Gasteiger partial charge is 0.307 e. The van der Waals surface area contributed by atoms with Crippen LogP contribution in [0, 0.1) is 5.92 Å². The van der Waals surface area contributed by atoms with Crippen molar-refractivity contribution in [1.82, 2.24) is 10.2 Å². The van der Waals surface area contributed by atoms with E-state index in [0.29, 0.717) is 18.1 Å². The van der Waals surface area contributed by atoms with E-state index in [1.54, 1.807) is 0 Å². The Balaban J connectivity index is 2.07. The second-order valence-corrected chi connectivity index (χ2v) is 6.61. The second kappa shape index (κ2) is 7.24. The van der Waals surface area contributed by atoms with Gasteiger partial charge in [-0.1, -0.05) is 51.1 Å². The van der Waals surface area contributed by atoms with Crippen molar-refractivity contribution >= 4 is 0 Å². The molecule has 0 bridgehead atoms. The van der Waals surface area contributed by atoms with Crippen LogP contribution in [-0.2, 0) is 0 Å². The predicted molar refractivity (Wildman–Crippen MR) is 86.9 cm³/mol. The van der Waals surface area contributed by atoms with Crippen LogP contribution in [0.25, 0.3) is 0 Å². The SMILES string of the molecule is CCC1CNC(c2ccccc2)CN1C(C)CC(C)C. The van der Waals surface area contributed by atoms with E-state index in [4.69, 9.17) is 0 Å². The maximum atomic E-state index is 3.73. The van der Waals surface area contributed by atoms with Crippen LogP contribution in [0.4, 0.5) is 0 Å². The molecular weight excluding hydrogens is 244 g/mol. The quantitative estimate of drug-likeness (QED) is 0.877. The van der Waals surface area contributed by atoms with Gasteiger partial charge in [0.1, 0.15) is 0 Å². The molecule has 1 heterocycles. The fraction of sp³-hybridized carbons (Fsp3) is 0.667. The zero-order chi connectivity index (χ0) is 14.5. The lowest BCUT2D eigenvalue weighted by atomic mass is 9.96. The molecule has 0 saturated carbocycles. The van der Waals surface area contributed by atoms with Crippen LogP contribution in [0.1, 0.15) is 52.1 Å². The zero-order valence-corrected chi connectivity index (χ0v) is 13.5. The standard InChI is InChI=1S/C18H30N2/c1-5-17-12-19-18(16-9-7-6-8-10-16)13-20(17)15(4)11-14(2)3/h6-10,14-15,17-19H,5,11-13H2,1-4H3. The summed E-state index contributed by atoms with van der Waals surface area (Å²) >= 11 is 0. The predicted octanol–water partition coefficient (Wildman–Crippen LogP) is 3.85. The first-order chi connectivity index (χ1) is 9.61. The Morgan fingerprint density at radius 3 is 2.50 bits per heavy atom. The molecule has 20 heavy (non-hydrogen) atoms. The molecular formula is C18H30N2. The summed E-state index contributed by atoms with van der Waals surface area (Å²) in [5, 5.41) is 3.73. The first-order valence-electron chi connectivity index (χ1n) is 8.15. The summed E-state index contributed by atoms with van der Waals surface area (Å²) < 4.78 is 0. The highest BCUT2D eigenvalue weighted by Gasteiger charge is 2.30. The Kier molecular flexibility index (Phi) is 5.62. The summed E-state index contributed by atoms with van der Waals surface area (Å²) in [4.78, 5) is 2.73. The van der Waals surface area contributed by atoms with Gasteiger partial charge in [-0.25, -0.2) is 0 Å². The number of hydrogen-bond acceptors (Lipinski definition) is 2. The molecule has 1 saturated heterocycles. The van der Waals surface area contributed by atoms with Gasteiger partial charge in [-0.2, -0.15) is 0 Å². The third-order valence-electron chi connectivity index (χ3n) is 4.51. The molecule has 3 atom stereocenters. The molecule has 0 aromatic heterocycles. The van der Waals surface area contributed by atoms with E-state index in [2.05, 4.69) is 68.2 Å². The lowest BCUT2D eigenvalue weighted by molar-refractivity contribution is 0.0762. The molecule has 2 nitrogen and oxygen atoms in total. The van der Waals surface area contributed by atoms with Crippen LogP contribution in [-0.4, -0.2) is 30.1 Å². The van der Waals surface area contributed by atoms with Crippen molar-refractivity contribution < 1.29 is 0 Å². The number of piperazine rings is 1. The maximum Gasteiger partial charge on any atom is 0.0450 e. The zero-order valence-electron chi connectivity index (χ0n) is 13.5. The van der Waals surface area contributed by atoms with E-state index < -0.39 is 0 Å². The van der Waals surface area contributed by atoms with Gasteiger partial charge in [0.2, 0.25) is 0 Å². The van der Waals surface area contributed by atoms with Gasteiger partial charge in [0.15, 0.2) is 0 Å². The number of benzene rings is 1. The molecule has 1 fully saturated rings. The topological polar surface area (TPSA) is 15.3 Å². The molecule has 2 rings (SSSR count). The molecule has 0 aliphatic carbocycles. The average Bonchev–Trinajstić information content (AvgIpc) is 2.46. The summed E-state index contributed by atoms with van der Waals surface area (Å²) in [6.45, 7) is 11.6. The number of hydrogen-bond donors (Lipinski definition) is 1. The summed E-state index contributed by atoms with van der Waals surface area (Å²) in [6.07, 6.45) is 2.52. The van der Waals surface area contributed by atoms with E-state index in [0.717, 1.165) is 19.0 Å². The molecule has 1 aliphatic rings. The van der Waals surface area contributed by atoms with Crippen molar-refractivity contribution in [2.24, 2.45) is 5.92 Å². The molecule has 2 heteroatoms. The van der Waals surface area contributed by atoms with Gasteiger partial charge in [-0.3, -0.25) is 4.90 Å². The summed E-state index contributed by atoms with van der Waals surface area (Å²) in [7, 11) is 0. The summed E-state index contributed by atoms with van der Waals surface area (Å²) in [5.41, 5.74) is 1.42. The molecule has 3 unspecified atom stereocenters. The normalized spacial score (nSPS) is 25.9. The van der Waals surface area contributed by atoms with Crippen molar-refractivity contribution in [2.75, 3.05) is 13.1 Å². The van der Waals surface area contributed by atoms with Crippen LogP contribution in [0.5, 0.6) is 0 Å². The van der Waals surface area contributed by atoms with Gasteiger partial charge in [-0.05, 0) is 31.2 Å². The van der Waals surface area contributed by atoms with E-state index in [1.165, 1.54) is 18.4 Å². The minimum absolute atomic E-state index is 0.480. The Bertz CT molecular complexity index is 388. The van der Waals surface area contributed by atoms with Crippen molar-refractivity contribution in [1.29, 1.82) is 0 Å². The minimum Gasteiger partial charge on any atom is -0.307 e. The number of nitrogens with zero attached hydrogens (tertiary/aromatic N) is 1. The smallest absolute Gasteiger partial charge is 0.0450 e. The minimum atomic E-state index is 0.480. The molecule has 1 aromatic rings. The first-order valence-corrected chi connectivity index (χ1v) is 8.15. The second-order valence-electron chi connectivity index (χ2n) is 6.61. The van der Waals surface area contributed by atoms with E-state index >= 15 is 0 Å². The number of rotatable bonds is 5. The van der Waals surface area contributed by atoms with Crippen molar-refractivity contribution in [3.63, 3.8) is 0 Å². The monoisotopic (exact) mass is 274 g/mol. The van der Waals surface area contributed by atoms with Crippen LogP contribution in [0.2, 0.25) is 0 Å². The molecule has 112 valence electrons. The summed E-state index contributed by atoms with van der Waals surface area (Å²) in [5.74, 6) is 0.771. The Hall–Kier alpha value is -0.860. The fourth-order valence-electron chi connectivity index (χ4n) is 3.46. The maximum absolute atomic E-state index is 3.73. The molecule has 0 amide bonds. The lowest BCUT2D eigenvalue weighted by Gasteiger charge is -2.44. The van der Waals surface area contributed by atoms with Crippen LogP contribution >= 0.6 is 0 Å². The van der Waals surface area contributed by atoms with Gasteiger partial charge < -0.3 is 5.32 Å². The third-order valence-corrected chi connectivity index (χ3v) is 4.51. The molecule has 0 radical (unpaired) electrons. The highest BCUT2D eigenvalue weighted by molar-refractivity contribution is 5.20. The highest BCUT2D eigenvalue weighted by Crippen LogP contribution is 2.25. The van der Waals surface area contributed by atoms with E-state index in [1.807, 2.05) is 0 Å². The van der Waals surface area contributed by atoms with Crippen LogP contribution in [0.15, 0.2) is 30.3 Å². The Morgan fingerprint density at radius 2 is 1.90 bits per heavy atom. The molecule has 0 spiro atoms. The van der Waals surface area contributed by atoms with Gasteiger partial charge >= 0.3 is 0 Å². The third kappa shape index (κ3) is 3.83. The average molecular weight is 274 g/mol. The van der Waals surface area contributed by atoms with Crippen molar-refractivity contribution in [3.8, 4) is 0 Å². The molecule has 1 aliphatic heterocycles. The Labute approximate surface area is 124 Å². The fourth-order valence-corrected chi connectivity index (χ4v) is 3.46. The molecule has 1 aromatic carbocycles. The van der Waals surface area contributed by atoms with E-state index in [9.17, 15) is 0 Å².